The first kappa shape index (κ1) is 21.6. The summed E-state index contributed by atoms with van der Waals surface area (Å²) in [6.07, 6.45) is -1.28. The smallest absolute Gasteiger partial charge is 0.339 e. The number of phenols is 1. The number of nitrogens with one attached hydrogen (secondary N) is 2. The summed E-state index contributed by atoms with van der Waals surface area (Å²) < 4.78 is 5.46. The van der Waals surface area contributed by atoms with E-state index in [1.807, 2.05) is 0 Å². The number of hydrogen-bond donors (Lipinski definition) is 3. The molecule has 3 aromatic carbocycles. The third kappa shape index (κ3) is 5.70. The Bertz CT molecular complexity index is 1050. The summed E-state index contributed by atoms with van der Waals surface area (Å²) in [5.74, 6) is -1.27. The van der Waals surface area contributed by atoms with Crippen LogP contribution >= 0.6 is 0 Å². The fourth-order valence-electron chi connectivity index (χ4n) is 2.91. The van der Waals surface area contributed by atoms with Crippen molar-refractivity contribution in [1.29, 1.82) is 0 Å². The number of phenolic OH excluding ortho intramolecular Hbond substituents is 1. The lowest BCUT2D eigenvalue weighted by molar-refractivity contribution is -0.129. The predicted molar refractivity (Wildman–Crippen MR) is 115 cm³/mol. The predicted octanol–water partition coefficient (Wildman–Crippen LogP) is 3.80. The Morgan fingerprint density at radius 1 is 0.871 bits per heavy atom. The maximum atomic E-state index is 12.7. The molecule has 0 aliphatic carbocycles. The molecule has 0 fully saturated rings. The topological polar surface area (TPSA) is 105 Å². The highest BCUT2D eigenvalue weighted by atomic mass is 16.5. The molecule has 3 aromatic rings. The molecule has 0 spiro atoms. The normalized spacial score (nSPS) is 11.3. The molecular formula is C24H22N2O5. The molecule has 0 radical (unpaired) electrons. The van der Waals surface area contributed by atoms with E-state index in [0.717, 1.165) is 11.1 Å². The quantitative estimate of drug-likeness (QED) is 0.528. The van der Waals surface area contributed by atoms with E-state index in [1.54, 1.807) is 85.8 Å². The van der Waals surface area contributed by atoms with Crippen molar-refractivity contribution in [2.24, 2.45) is 0 Å². The molecule has 0 aromatic heterocycles. The molecule has 3 N–H and O–H groups in total. The van der Waals surface area contributed by atoms with Crippen molar-refractivity contribution >= 4 is 17.9 Å². The first-order valence-electron chi connectivity index (χ1n) is 9.72. The summed E-state index contributed by atoms with van der Waals surface area (Å²) in [5.41, 5.74) is 2.43. The van der Waals surface area contributed by atoms with Crippen molar-refractivity contribution in [3.05, 3.63) is 90.0 Å². The summed E-state index contributed by atoms with van der Waals surface area (Å²) in [7, 11) is 0. The number of ether oxygens (including phenoxy) is 1. The lowest BCUT2D eigenvalue weighted by Gasteiger charge is -2.18. The Morgan fingerprint density at radius 2 is 1.45 bits per heavy atom. The summed E-state index contributed by atoms with van der Waals surface area (Å²) in [6.45, 7) is 2.07. The fourth-order valence-corrected chi connectivity index (χ4v) is 2.91. The van der Waals surface area contributed by atoms with Crippen LogP contribution in [0.25, 0.3) is 11.1 Å². The number of imide groups is 1. The van der Waals surface area contributed by atoms with Crippen molar-refractivity contribution in [3.63, 3.8) is 0 Å². The number of hydrogen-bond acceptors (Lipinski definition) is 5. The van der Waals surface area contributed by atoms with Crippen LogP contribution in [-0.2, 0) is 9.53 Å². The molecule has 3 rings (SSSR count). The SMILES string of the molecule is CCNC(=O)NC(=O)[C@@H](OC(=O)c1ccc(-c2ccc(O)cc2)cc1)c1ccccc1. The van der Waals surface area contributed by atoms with Crippen LogP contribution in [-0.4, -0.2) is 29.6 Å². The van der Waals surface area contributed by atoms with Crippen molar-refractivity contribution in [3.8, 4) is 16.9 Å². The van der Waals surface area contributed by atoms with E-state index in [1.165, 1.54) is 0 Å². The second kappa shape index (κ2) is 10.1. The van der Waals surface area contributed by atoms with E-state index in [9.17, 15) is 19.5 Å². The van der Waals surface area contributed by atoms with E-state index in [-0.39, 0.29) is 11.3 Å². The van der Waals surface area contributed by atoms with Gasteiger partial charge in [-0.1, -0.05) is 54.6 Å². The van der Waals surface area contributed by atoms with Crippen LogP contribution in [0.3, 0.4) is 0 Å². The van der Waals surface area contributed by atoms with Gasteiger partial charge in [0.15, 0.2) is 0 Å². The first-order chi connectivity index (χ1) is 15.0. The van der Waals surface area contributed by atoms with Gasteiger partial charge in [0.05, 0.1) is 5.56 Å². The monoisotopic (exact) mass is 418 g/mol. The van der Waals surface area contributed by atoms with Gasteiger partial charge >= 0.3 is 12.0 Å². The molecule has 0 saturated carbocycles. The maximum absolute atomic E-state index is 12.7. The minimum atomic E-state index is -1.28. The Kier molecular flexibility index (Phi) is 7.01. The molecule has 31 heavy (non-hydrogen) atoms. The number of aromatic hydroxyl groups is 1. The summed E-state index contributed by atoms with van der Waals surface area (Å²) in [6, 6.07) is 21.2. The van der Waals surface area contributed by atoms with Crippen LogP contribution in [0.1, 0.15) is 28.9 Å². The third-order valence-electron chi connectivity index (χ3n) is 4.46. The highest BCUT2D eigenvalue weighted by Gasteiger charge is 2.27. The molecule has 7 heteroatoms. The first-order valence-corrected chi connectivity index (χ1v) is 9.72. The van der Waals surface area contributed by atoms with Crippen LogP contribution in [0.2, 0.25) is 0 Å². The van der Waals surface area contributed by atoms with Gasteiger partial charge in [-0.3, -0.25) is 10.1 Å². The number of rotatable bonds is 6. The number of amides is 3. The van der Waals surface area contributed by atoms with Crippen molar-refractivity contribution in [2.75, 3.05) is 6.54 Å². The zero-order valence-corrected chi connectivity index (χ0v) is 16.9. The average Bonchev–Trinajstić information content (AvgIpc) is 2.78. The zero-order valence-electron chi connectivity index (χ0n) is 16.9. The summed E-state index contributed by atoms with van der Waals surface area (Å²) in [4.78, 5) is 37.0. The van der Waals surface area contributed by atoms with Gasteiger partial charge in [0.25, 0.3) is 5.91 Å². The van der Waals surface area contributed by atoms with Crippen LogP contribution in [0.15, 0.2) is 78.9 Å². The lowest BCUT2D eigenvalue weighted by atomic mass is 10.0. The average molecular weight is 418 g/mol. The second-order valence-electron chi connectivity index (χ2n) is 6.67. The van der Waals surface area contributed by atoms with E-state index < -0.39 is 24.0 Å². The van der Waals surface area contributed by atoms with E-state index in [4.69, 9.17) is 4.74 Å². The molecule has 0 aliphatic heterocycles. The number of esters is 1. The molecular weight excluding hydrogens is 396 g/mol. The third-order valence-corrected chi connectivity index (χ3v) is 4.46. The Morgan fingerprint density at radius 3 is 2.03 bits per heavy atom. The van der Waals surface area contributed by atoms with Crippen molar-refractivity contribution < 1.29 is 24.2 Å². The largest absolute Gasteiger partial charge is 0.508 e. The molecule has 7 nitrogen and oxygen atoms in total. The highest BCUT2D eigenvalue weighted by Crippen LogP contribution is 2.24. The van der Waals surface area contributed by atoms with Gasteiger partial charge in [-0.2, -0.15) is 0 Å². The van der Waals surface area contributed by atoms with E-state index in [0.29, 0.717) is 12.1 Å². The molecule has 0 bridgehead atoms. The Hall–Kier alpha value is -4.13. The summed E-state index contributed by atoms with van der Waals surface area (Å²) >= 11 is 0. The summed E-state index contributed by atoms with van der Waals surface area (Å²) in [5, 5.41) is 14.1. The molecule has 0 unspecified atom stereocenters. The maximum Gasteiger partial charge on any atom is 0.339 e. The Labute approximate surface area is 179 Å². The minimum Gasteiger partial charge on any atom is -0.508 e. The van der Waals surface area contributed by atoms with Gasteiger partial charge in [-0.05, 0) is 42.3 Å². The molecule has 0 saturated heterocycles. The number of benzene rings is 3. The van der Waals surface area contributed by atoms with E-state index in [2.05, 4.69) is 10.6 Å². The molecule has 1 atom stereocenters. The highest BCUT2D eigenvalue weighted by molar-refractivity contribution is 5.99. The molecule has 3 amide bonds. The van der Waals surface area contributed by atoms with Gasteiger partial charge < -0.3 is 15.2 Å². The van der Waals surface area contributed by atoms with Gasteiger partial charge in [0.1, 0.15) is 5.75 Å². The molecule has 0 heterocycles. The van der Waals surface area contributed by atoms with Gasteiger partial charge in [0.2, 0.25) is 6.10 Å². The van der Waals surface area contributed by atoms with Gasteiger partial charge in [0, 0.05) is 12.1 Å². The van der Waals surface area contributed by atoms with Crippen LogP contribution in [0.4, 0.5) is 4.79 Å². The zero-order chi connectivity index (χ0) is 22.2. The van der Waals surface area contributed by atoms with Crippen LogP contribution in [0.5, 0.6) is 5.75 Å². The van der Waals surface area contributed by atoms with Gasteiger partial charge in [-0.25, -0.2) is 9.59 Å². The number of carbonyl (C=O) groups excluding carboxylic acids is 3. The van der Waals surface area contributed by atoms with Crippen molar-refractivity contribution in [2.45, 2.75) is 13.0 Å². The molecule has 158 valence electrons. The lowest BCUT2D eigenvalue weighted by Crippen LogP contribution is -2.42. The molecule has 0 aliphatic rings. The number of carbonyl (C=O) groups is 3. The fraction of sp³-hybridized carbons (Fsp3) is 0.125. The van der Waals surface area contributed by atoms with Gasteiger partial charge in [-0.15, -0.1) is 0 Å². The standard InChI is InChI=1S/C24H22N2O5/c1-2-25-24(30)26-22(28)21(18-6-4-3-5-7-18)31-23(29)19-10-8-16(9-11-19)17-12-14-20(27)15-13-17/h3-15,21,27H,2H2,1H3,(H2,25,26,28,30)/t21-/m0/s1. The van der Waals surface area contributed by atoms with Crippen molar-refractivity contribution in [1.82, 2.24) is 10.6 Å². The Balaban J connectivity index is 1.77. The number of urea groups is 1. The minimum absolute atomic E-state index is 0.168. The van der Waals surface area contributed by atoms with Crippen LogP contribution < -0.4 is 10.6 Å². The van der Waals surface area contributed by atoms with E-state index >= 15 is 0 Å². The van der Waals surface area contributed by atoms with Crippen LogP contribution in [0, 0.1) is 0 Å². The second-order valence-corrected chi connectivity index (χ2v) is 6.67.